The van der Waals surface area contributed by atoms with Gasteiger partial charge in [-0.1, -0.05) is 42.5 Å². The van der Waals surface area contributed by atoms with Gasteiger partial charge in [0.05, 0.1) is 24.1 Å². The van der Waals surface area contributed by atoms with Gasteiger partial charge in [-0.2, -0.15) is 0 Å². The Labute approximate surface area is 179 Å². The number of para-hydroxylation sites is 1. The van der Waals surface area contributed by atoms with E-state index < -0.39 is 24.6 Å². The van der Waals surface area contributed by atoms with Crippen LogP contribution in [0.15, 0.2) is 54.6 Å². The molecule has 2 atom stereocenters. The van der Waals surface area contributed by atoms with Crippen LogP contribution in [-0.2, 0) is 4.79 Å². The maximum absolute atomic E-state index is 13.6. The molecule has 0 spiro atoms. The van der Waals surface area contributed by atoms with E-state index in [9.17, 15) is 19.4 Å². The normalized spacial score (nSPS) is 13.5. The summed E-state index contributed by atoms with van der Waals surface area (Å²) in [5, 5.41) is 29.8. The Morgan fingerprint density at radius 3 is 2.45 bits per heavy atom. The van der Waals surface area contributed by atoms with Gasteiger partial charge in [0, 0.05) is 37.0 Å². The zero-order valence-electron chi connectivity index (χ0n) is 17.4. The number of aliphatic carboxylic acids is 1. The molecule has 31 heavy (non-hydrogen) atoms. The van der Waals surface area contributed by atoms with Crippen molar-refractivity contribution in [2.24, 2.45) is 0 Å². The number of rotatable bonds is 8. The van der Waals surface area contributed by atoms with Crippen LogP contribution < -0.4 is 4.90 Å². The number of benzene rings is 2. The lowest BCUT2D eigenvalue weighted by atomic mass is 9.94. The molecule has 1 aromatic heterocycles. The van der Waals surface area contributed by atoms with Gasteiger partial charge in [-0.05, 0) is 23.8 Å². The number of aliphatic hydroxyl groups is 2. The summed E-state index contributed by atoms with van der Waals surface area (Å²) in [5.74, 6) is -0.807. The molecule has 3 rings (SSSR count). The van der Waals surface area contributed by atoms with Crippen LogP contribution in [0.25, 0.3) is 28.1 Å². The number of nitrogens with zero attached hydrogens (tertiary/aromatic N) is 2. The molecule has 6 nitrogen and oxygen atoms in total. The van der Waals surface area contributed by atoms with Gasteiger partial charge < -0.3 is 20.2 Å². The van der Waals surface area contributed by atoms with Gasteiger partial charge >= 0.3 is 5.97 Å². The first kappa shape index (κ1) is 22.4. The first-order chi connectivity index (χ1) is 14.8. The Balaban J connectivity index is 2.12. The molecular weight excluding hydrogens is 399 g/mol. The van der Waals surface area contributed by atoms with Crippen molar-refractivity contribution in [1.29, 1.82) is 0 Å². The largest absolute Gasteiger partial charge is 0.481 e. The summed E-state index contributed by atoms with van der Waals surface area (Å²) in [7, 11) is 3.71. The molecule has 1 heterocycles. The molecule has 0 radical (unpaired) electrons. The zero-order valence-corrected chi connectivity index (χ0v) is 17.4. The summed E-state index contributed by atoms with van der Waals surface area (Å²) in [4.78, 5) is 17.3. The number of pyridine rings is 1. The van der Waals surface area contributed by atoms with E-state index in [2.05, 4.69) is 0 Å². The van der Waals surface area contributed by atoms with Crippen molar-refractivity contribution < 1.29 is 24.5 Å². The maximum atomic E-state index is 13.6. The highest BCUT2D eigenvalue weighted by Gasteiger charge is 2.18. The maximum Gasteiger partial charge on any atom is 0.305 e. The van der Waals surface area contributed by atoms with Crippen LogP contribution in [0.3, 0.4) is 0 Å². The molecule has 0 aliphatic carbocycles. The van der Waals surface area contributed by atoms with E-state index in [0.717, 1.165) is 27.6 Å². The number of aliphatic hydroxyl groups excluding tert-OH is 2. The van der Waals surface area contributed by atoms with Crippen LogP contribution in [0.5, 0.6) is 0 Å². The average Bonchev–Trinajstić information content (AvgIpc) is 2.71. The monoisotopic (exact) mass is 424 g/mol. The summed E-state index contributed by atoms with van der Waals surface area (Å²) in [6.07, 6.45) is 0.482. The van der Waals surface area contributed by atoms with Crippen molar-refractivity contribution in [1.82, 2.24) is 4.98 Å². The van der Waals surface area contributed by atoms with Crippen LogP contribution in [0.1, 0.15) is 18.4 Å². The van der Waals surface area contributed by atoms with Crippen molar-refractivity contribution in [2.75, 3.05) is 19.0 Å². The highest BCUT2D eigenvalue weighted by Crippen LogP contribution is 2.37. The molecule has 3 N–H and O–H groups in total. The van der Waals surface area contributed by atoms with Crippen molar-refractivity contribution in [2.45, 2.75) is 25.0 Å². The average molecular weight is 424 g/mol. The minimum absolute atomic E-state index is 0.104. The number of carboxylic acid groups (broad SMARTS) is 1. The molecule has 0 aliphatic heterocycles. The highest BCUT2D eigenvalue weighted by atomic mass is 19.1. The van der Waals surface area contributed by atoms with E-state index in [1.165, 1.54) is 18.2 Å². The SMILES string of the molecule is CN(C)c1nc2ccccc2c(-c2ccc(F)cc2)c1C=CC(O)CC(O)CC(=O)O. The quantitative estimate of drug-likeness (QED) is 0.510. The van der Waals surface area contributed by atoms with E-state index in [1.807, 2.05) is 43.3 Å². The molecule has 162 valence electrons. The minimum atomic E-state index is -1.16. The topological polar surface area (TPSA) is 93.9 Å². The van der Waals surface area contributed by atoms with Gasteiger partial charge in [-0.3, -0.25) is 4.79 Å². The van der Waals surface area contributed by atoms with Crippen molar-refractivity contribution in [3.8, 4) is 11.1 Å². The van der Waals surface area contributed by atoms with E-state index in [1.54, 1.807) is 18.2 Å². The summed E-state index contributed by atoms with van der Waals surface area (Å²) >= 11 is 0. The lowest BCUT2D eigenvalue weighted by molar-refractivity contribution is -0.139. The standard InChI is InChI=1S/C24H25FN2O4/c1-27(2)24-20(12-11-17(28)13-18(29)14-22(30)31)23(15-7-9-16(25)10-8-15)19-5-3-4-6-21(19)26-24/h3-12,17-18,28-29H,13-14H2,1-2H3,(H,30,31). The van der Waals surface area contributed by atoms with E-state index in [4.69, 9.17) is 10.1 Å². The lowest BCUT2D eigenvalue weighted by Crippen LogP contribution is -2.19. The number of hydrogen-bond acceptors (Lipinski definition) is 5. The molecule has 3 aromatic rings. The molecule has 2 unspecified atom stereocenters. The number of fused-ring (bicyclic) bond motifs is 1. The molecule has 0 fully saturated rings. The van der Waals surface area contributed by atoms with Gasteiger partial charge in [0.15, 0.2) is 0 Å². The van der Waals surface area contributed by atoms with E-state index >= 15 is 0 Å². The molecule has 0 saturated heterocycles. The number of hydrogen-bond donors (Lipinski definition) is 3. The predicted molar refractivity (Wildman–Crippen MR) is 119 cm³/mol. The molecule has 0 aliphatic rings. The fourth-order valence-corrected chi connectivity index (χ4v) is 3.49. The second-order valence-electron chi connectivity index (χ2n) is 7.56. The third-order valence-corrected chi connectivity index (χ3v) is 4.88. The second kappa shape index (κ2) is 9.68. The third kappa shape index (κ3) is 5.45. The molecule has 2 aromatic carbocycles. The Morgan fingerprint density at radius 1 is 1.13 bits per heavy atom. The van der Waals surface area contributed by atoms with Crippen LogP contribution in [0.4, 0.5) is 10.2 Å². The van der Waals surface area contributed by atoms with Crippen LogP contribution in [-0.4, -0.2) is 52.6 Å². The Bertz CT molecular complexity index is 1100. The van der Waals surface area contributed by atoms with Crippen molar-refractivity contribution in [3.63, 3.8) is 0 Å². The van der Waals surface area contributed by atoms with Crippen molar-refractivity contribution in [3.05, 3.63) is 66.0 Å². The number of carboxylic acids is 1. The molecule has 7 heteroatoms. The summed E-state index contributed by atoms with van der Waals surface area (Å²) < 4.78 is 13.6. The molecule has 0 bridgehead atoms. The lowest BCUT2D eigenvalue weighted by Gasteiger charge is -2.20. The Kier molecular flexibility index (Phi) is 6.99. The van der Waals surface area contributed by atoms with Gasteiger partial charge in [-0.15, -0.1) is 0 Å². The highest BCUT2D eigenvalue weighted by molar-refractivity contribution is 6.01. The number of carbonyl (C=O) groups is 1. The predicted octanol–water partition coefficient (Wildman–Crippen LogP) is 3.71. The van der Waals surface area contributed by atoms with Gasteiger partial charge in [-0.25, -0.2) is 9.37 Å². The minimum Gasteiger partial charge on any atom is -0.481 e. The zero-order chi connectivity index (χ0) is 22.5. The fraction of sp³-hybridized carbons (Fsp3) is 0.250. The van der Waals surface area contributed by atoms with Crippen LogP contribution >= 0.6 is 0 Å². The number of anilines is 1. The van der Waals surface area contributed by atoms with E-state index in [-0.39, 0.29) is 12.2 Å². The first-order valence-electron chi connectivity index (χ1n) is 9.88. The number of aromatic nitrogens is 1. The van der Waals surface area contributed by atoms with Crippen LogP contribution in [0, 0.1) is 5.82 Å². The molecular formula is C24H25FN2O4. The van der Waals surface area contributed by atoms with Gasteiger partial charge in [0.1, 0.15) is 11.6 Å². The van der Waals surface area contributed by atoms with E-state index in [0.29, 0.717) is 5.82 Å². The second-order valence-corrected chi connectivity index (χ2v) is 7.56. The van der Waals surface area contributed by atoms with Gasteiger partial charge in [0.25, 0.3) is 0 Å². The molecule has 0 saturated carbocycles. The summed E-state index contributed by atoms with van der Waals surface area (Å²) in [6.45, 7) is 0. The summed E-state index contributed by atoms with van der Waals surface area (Å²) in [5.41, 5.74) is 3.13. The Morgan fingerprint density at radius 2 is 1.81 bits per heavy atom. The smallest absolute Gasteiger partial charge is 0.305 e. The third-order valence-electron chi connectivity index (χ3n) is 4.88. The van der Waals surface area contributed by atoms with Crippen LogP contribution in [0.2, 0.25) is 0 Å². The van der Waals surface area contributed by atoms with Crippen molar-refractivity contribution >= 4 is 28.8 Å². The first-order valence-corrected chi connectivity index (χ1v) is 9.88. The number of halogens is 1. The fourth-order valence-electron chi connectivity index (χ4n) is 3.49. The summed E-state index contributed by atoms with van der Waals surface area (Å²) in [6, 6.07) is 13.8. The Hall–Kier alpha value is -3.29. The molecule has 0 amide bonds. The van der Waals surface area contributed by atoms with Gasteiger partial charge in [0.2, 0.25) is 0 Å².